The Labute approximate surface area is 139 Å². The van der Waals surface area contributed by atoms with E-state index in [9.17, 15) is 5.11 Å². The summed E-state index contributed by atoms with van der Waals surface area (Å²) in [7, 11) is 0. The maximum Gasteiger partial charge on any atom is 0.0914 e. The molecule has 0 aliphatic rings. The van der Waals surface area contributed by atoms with Gasteiger partial charge in [0.2, 0.25) is 0 Å². The monoisotopic (exact) mass is 367 g/mol. The minimum atomic E-state index is -0.461. The maximum absolute atomic E-state index is 10.2. The van der Waals surface area contributed by atoms with Crippen molar-refractivity contribution < 1.29 is 5.11 Å². The van der Waals surface area contributed by atoms with E-state index in [0.717, 1.165) is 23.0 Å². The molecule has 0 fully saturated rings. The summed E-state index contributed by atoms with van der Waals surface area (Å²) < 4.78 is 1.13. The Bertz CT molecular complexity index is 550. The van der Waals surface area contributed by atoms with Gasteiger partial charge in [0.25, 0.3) is 0 Å². The highest BCUT2D eigenvalue weighted by molar-refractivity contribution is 9.10. The average molecular weight is 368 g/mol. The molecule has 2 aromatic rings. The lowest BCUT2D eigenvalue weighted by atomic mass is 10.0. The summed E-state index contributed by atoms with van der Waals surface area (Å²) in [6.45, 7) is 5.78. The zero-order valence-electron chi connectivity index (χ0n) is 12.5. The molecule has 4 heteroatoms. The third kappa shape index (κ3) is 5.22. The van der Waals surface area contributed by atoms with Crippen LogP contribution in [-0.4, -0.2) is 11.7 Å². The van der Waals surface area contributed by atoms with Crippen LogP contribution in [0.2, 0.25) is 0 Å². The van der Waals surface area contributed by atoms with Crippen LogP contribution in [-0.2, 0) is 13.0 Å². The number of thiophene rings is 1. The first-order valence-electron chi connectivity index (χ1n) is 7.25. The summed E-state index contributed by atoms with van der Waals surface area (Å²) >= 11 is 5.23. The van der Waals surface area contributed by atoms with Crippen molar-refractivity contribution in [3.8, 4) is 0 Å². The van der Waals surface area contributed by atoms with Gasteiger partial charge in [0.15, 0.2) is 0 Å². The first-order valence-corrected chi connectivity index (χ1v) is 8.93. The highest BCUT2D eigenvalue weighted by Gasteiger charge is 2.08. The van der Waals surface area contributed by atoms with E-state index < -0.39 is 6.10 Å². The van der Waals surface area contributed by atoms with Crippen molar-refractivity contribution >= 4 is 27.3 Å². The van der Waals surface area contributed by atoms with Crippen LogP contribution in [0.5, 0.6) is 0 Å². The Morgan fingerprint density at radius 2 is 1.90 bits per heavy atom. The van der Waals surface area contributed by atoms with Crippen LogP contribution in [0.3, 0.4) is 0 Å². The molecule has 1 heterocycles. The van der Waals surface area contributed by atoms with Crippen LogP contribution in [0.1, 0.15) is 36.0 Å². The number of benzene rings is 1. The number of nitrogens with one attached hydrogen (secondary N) is 1. The van der Waals surface area contributed by atoms with E-state index in [-0.39, 0.29) is 0 Å². The molecule has 1 aromatic carbocycles. The molecule has 2 N–H and O–H groups in total. The van der Waals surface area contributed by atoms with Crippen LogP contribution >= 0.6 is 27.3 Å². The third-order valence-corrected chi connectivity index (χ3v) is 5.25. The van der Waals surface area contributed by atoms with E-state index in [1.54, 1.807) is 11.3 Å². The molecule has 21 heavy (non-hydrogen) atoms. The number of rotatable bonds is 7. The lowest BCUT2D eigenvalue weighted by molar-refractivity contribution is 0.174. The van der Waals surface area contributed by atoms with Gasteiger partial charge in [-0.3, -0.25) is 0 Å². The zero-order valence-corrected chi connectivity index (χ0v) is 14.9. The summed E-state index contributed by atoms with van der Waals surface area (Å²) in [4.78, 5) is 1.26. The van der Waals surface area contributed by atoms with Crippen LogP contribution in [0.15, 0.2) is 40.2 Å². The van der Waals surface area contributed by atoms with E-state index >= 15 is 0 Å². The van der Waals surface area contributed by atoms with Crippen LogP contribution in [0.4, 0.5) is 0 Å². The minimum Gasteiger partial charge on any atom is -0.387 e. The van der Waals surface area contributed by atoms with Gasteiger partial charge in [-0.05, 0) is 50.8 Å². The Morgan fingerprint density at radius 1 is 1.19 bits per heavy atom. The van der Waals surface area contributed by atoms with Crippen molar-refractivity contribution in [2.24, 2.45) is 5.92 Å². The van der Waals surface area contributed by atoms with Gasteiger partial charge >= 0.3 is 0 Å². The van der Waals surface area contributed by atoms with Crippen molar-refractivity contribution in [2.75, 3.05) is 6.54 Å². The zero-order chi connectivity index (χ0) is 15.2. The molecule has 0 spiro atoms. The van der Waals surface area contributed by atoms with Gasteiger partial charge in [-0.25, -0.2) is 0 Å². The van der Waals surface area contributed by atoms with Gasteiger partial charge in [-0.2, -0.15) is 0 Å². The van der Waals surface area contributed by atoms with Crippen LogP contribution in [0.25, 0.3) is 0 Å². The molecule has 2 rings (SSSR count). The lowest BCUT2D eigenvalue weighted by Gasteiger charge is -2.13. The second kappa shape index (κ2) is 8.08. The van der Waals surface area contributed by atoms with Gasteiger partial charge in [0, 0.05) is 22.4 Å². The van der Waals surface area contributed by atoms with Crippen molar-refractivity contribution in [2.45, 2.75) is 32.9 Å². The Balaban J connectivity index is 1.82. The predicted molar refractivity (Wildman–Crippen MR) is 93.7 cm³/mol. The van der Waals surface area contributed by atoms with Gasteiger partial charge in [-0.15, -0.1) is 11.3 Å². The molecule has 1 atom stereocenters. The van der Waals surface area contributed by atoms with E-state index in [4.69, 9.17) is 0 Å². The molecule has 0 radical (unpaired) electrons. The van der Waals surface area contributed by atoms with Gasteiger partial charge in [0.1, 0.15) is 0 Å². The predicted octanol–water partition coefficient (Wildman–Crippen LogP) is 4.53. The van der Waals surface area contributed by atoms with E-state index in [0.29, 0.717) is 12.5 Å². The van der Waals surface area contributed by atoms with Crippen molar-refractivity contribution in [1.29, 1.82) is 0 Å². The Hall–Kier alpha value is -0.680. The summed E-state index contributed by atoms with van der Waals surface area (Å²) in [6.07, 6.45) is 0.623. The van der Waals surface area contributed by atoms with Gasteiger partial charge < -0.3 is 10.4 Å². The highest BCUT2D eigenvalue weighted by atomic mass is 79.9. The van der Waals surface area contributed by atoms with Crippen molar-refractivity contribution in [3.05, 3.63) is 56.2 Å². The molecule has 0 aliphatic carbocycles. The smallest absolute Gasteiger partial charge is 0.0914 e. The SMILES string of the molecule is CC(C)Cc1ccc(C(O)CNCc2sccc2Br)cc1. The van der Waals surface area contributed by atoms with E-state index in [1.807, 2.05) is 18.2 Å². The highest BCUT2D eigenvalue weighted by Crippen LogP contribution is 2.22. The maximum atomic E-state index is 10.2. The van der Waals surface area contributed by atoms with Crippen molar-refractivity contribution in [1.82, 2.24) is 5.32 Å². The van der Waals surface area contributed by atoms with Gasteiger partial charge in [-0.1, -0.05) is 38.1 Å². The summed E-state index contributed by atoms with van der Waals surface area (Å²) in [5.74, 6) is 0.659. The summed E-state index contributed by atoms with van der Waals surface area (Å²) in [6, 6.07) is 10.4. The number of hydrogen-bond donors (Lipinski definition) is 2. The van der Waals surface area contributed by atoms with Crippen LogP contribution in [0, 0.1) is 5.92 Å². The molecule has 1 aromatic heterocycles. The van der Waals surface area contributed by atoms with Gasteiger partial charge in [0.05, 0.1) is 6.10 Å². The number of halogens is 1. The summed E-state index contributed by atoms with van der Waals surface area (Å²) in [5, 5.41) is 15.6. The molecule has 1 unspecified atom stereocenters. The van der Waals surface area contributed by atoms with E-state index in [1.165, 1.54) is 10.4 Å². The van der Waals surface area contributed by atoms with E-state index in [2.05, 4.69) is 52.6 Å². The molecular formula is C17H22BrNOS. The number of aliphatic hydroxyl groups excluding tert-OH is 1. The fourth-order valence-electron chi connectivity index (χ4n) is 2.24. The first-order chi connectivity index (χ1) is 10.1. The molecule has 2 nitrogen and oxygen atoms in total. The Kier molecular flexibility index (Phi) is 6.42. The second-order valence-corrected chi connectivity index (χ2v) is 7.53. The average Bonchev–Trinajstić information content (AvgIpc) is 2.84. The standard InChI is InChI=1S/C17H22BrNOS/c1-12(2)9-13-3-5-14(6-4-13)16(20)10-19-11-17-15(18)7-8-21-17/h3-8,12,16,19-20H,9-11H2,1-2H3. The number of aliphatic hydroxyl groups is 1. The molecule has 0 bridgehead atoms. The largest absolute Gasteiger partial charge is 0.387 e. The quantitative estimate of drug-likeness (QED) is 0.753. The normalized spacial score (nSPS) is 12.8. The second-order valence-electron chi connectivity index (χ2n) is 5.68. The third-order valence-electron chi connectivity index (χ3n) is 3.32. The molecule has 0 saturated carbocycles. The summed E-state index contributed by atoms with van der Waals surface area (Å²) in [5.41, 5.74) is 2.30. The Morgan fingerprint density at radius 3 is 2.48 bits per heavy atom. The molecular weight excluding hydrogens is 346 g/mol. The lowest BCUT2D eigenvalue weighted by Crippen LogP contribution is -2.20. The fraction of sp³-hybridized carbons (Fsp3) is 0.412. The molecule has 0 amide bonds. The molecule has 0 saturated heterocycles. The topological polar surface area (TPSA) is 32.3 Å². The first kappa shape index (κ1) is 16.7. The van der Waals surface area contributed by atoms with Crippen LogP contribution < -0.4 is 5.32 Å². The van der Waals surface area contributed by atoms with Crippen molar-refractivity contribution in [3.63, 3.8) is 0 Å². The molecule has 0 aliphatic heterocycles. The molecule has 114 valence electrons. The number of hydrogen-bond acceptors (Lipinski definition) is 3. The minimum absolute atomic E-state index is 0.461. The fourth-order valence-corrected chi connectivity index (χ4v) is 3.70.